The molecule has 4 heteroatoms. The van der Waals surface area contributed by atoms with Crippen LogP contribution in [-0.4, -0.2) is 32.4 Å². The van der Waals surface area contributed by atoms with Gasteiger partial charge in [-0.1, -0.05) is 0 Å². The number of rotatable bonds is 2. The van der Waals surface area contributed by atoms with Gasteiger partial charge in [0.25, 0.3) is 0 Å². The average Bonchev–Trinajstić information content (AvgIpc) is 2.12. The summed E-state index contributed by atoms with van der Waals surface area (Å²) in [6.07, 6.45) is 0.830. The first-order valence-electron chi connectivity index (χ1n) is 4.89. The van der Waals surface area contributed by atoms with Crippen LogP contribution in [-0.2, 0) is 4.79 Å². The summed E-state index contributed by atoms with van der Waals surface area (Å²) in [6, 6.07) is 0. The summed E-state index contributed by atoms with van der Waals surface area (Å²) in [6.45, 7) is 7.62. The molecule has 14 heavy (non-hydrogen) atoms. The molecule has 82 valence electrons. The number of hydrogen-bond donors (Lipinski definition) is 2. The van der Waals surface area contributed by atoms with Gasteiger partial charge in [0.05, 0.1) is 6.42 Å². The van der Waals surface area contributed by atoms with Crippen molar-refractivity contribution in [2.75, 3.05) is 0 Å². The van der Waals surface area contributed by atoms with Crippen LogP contribution in [0.5, 0.6) is 0 Å². The molecule has 1 heterocycles. The molecule has 0 aliphatic carbocycles. The summed E-state index contributed by atoms with van der Waals surface area (Å²) < 4.78 is 0. The lowest BCUT2D eigenvalue weighted by molar-refractivity contribution is -0.197. The molecule has 0 spiro atoms. The predicted octanol–water partition coefficient (Wildman–Crippen LogP) is 1.73. The van der Waals surface area contributed by atoms with Crippen molar-refractivity contribution in [2.24, 2.45) is 5.92 Å². The lowest BCUT2D eigenvalue weighted by Gasteiger charge is -2.35. The van der Waals surface area contributed by atoms with Gasteiger partial charge in [0, 0.05) is 11.1 Å². The minimum Gasteiger partial charge on any atom is -0.481 e. The van der Waals surface area contributed by atoms with E-state index in [0.717, 1.165) is 0 Å². The zero-order chi connectivity index (χ0) is 11.1. The molecular formula is C10H19NO3. The fraction of sp³-hybridized carbons (Fsp3) is 0.900. The summed E-state index contributed by atoms with van der Waals surface area (Å²) in [4.78, 5) is 10.7. The van der Waals surface area contributed by atoms with Crippen molar-refractivity contribution in [3.63, 3.8) is 0 Å². The molecule has 4 nitrogen and oxygen atoms in total. The number of aliphatic carboxylic acids is 1. The highest BCUT2D eigenvalue weighted by Crippen LogP contribution is 2.44. The van der Waals surface area contributed by atoms with Gasteiger partial charge in [-0.25, -0.2) is 0 Å². The topological polar surface area (TPSA) is 60.8 Å². The number of carbonyl (C=O) groups is 1. The molecule has 0 aromatic carbocycles. The van der Waals surface area contributed by atoms with Crippen molar-refractivity contribution in [3.05, 3.63) is 0 Å². The first kappa shape index (κ1) is 11.5. The van der Waals surface area contributed by atoms with Crippen molar-refractivity contribution in [1.82, 2.24) is 5.06 Å². The fourth-order valence-electron chi connectivity index (χ4n) is 2.42. The van der Waals surface area contributed by atoms with E-state index < -0.39 is 11.5 Å². The Bertz CT molecular complexity index is 248. The quantitative estimate of drug-likeness (QED) is 0.714. The normalized spacial score (nSPS) is 30.5. The summed E-state index contributed by atoms with van der Waals surface area (Å²) in [5.74, 6) is -0.797. The van der Waals surface area contributed by atoms with Crippen LogP contribution in [0.2, 0.25) is 0 Å². The highest BCUT2D eigenvalue weighted by molar-refractivity contribution is 5.67. The van der Waals surface area contributed by atoms with Crippen molar-refractivity contribution < 1.29 is 15.1 Å². The second kappa shape index (κ2) is 3.21. The van der Waals surface area contributed by atoms with Crippen LogP contribution in [0.4, 0.5) is 0 Å². The number of carboxylic acids is 1. The van der Waals surface area contributed by atoms with E-state index in [2.05, 4.69) is 0 Å². The Morgan fingerprint density at radius 1 is 1.43 bits per heavy atom. The molecule has 0 saturated carbocycles. The standard InChI is InChI=1S/C10H19NO3/c1-9(2)6-7(5-8(12)13)10(3,4)11(9)14/h7,14H,5-6H2,1-4H3,(H,12,13). The number of carboxylic acid groups (broad SMARTS) is 1. The molecule has 1 aliphatic rings. The van der Waals surface area contributed by atoms with E-state index >= 15 is 0 Å². The van der Waals surface area contributed by atoms with Crippen LogP contribution in [0.3, 0.4) is 0 Å². The molecule has 1 fully saturated rings. The summed E-state index contributed by atoms with van der Waals surface area (Å²) in [7, 11) is 0. The molecule has 1 unspecified atom stereocenters. The molecule has 2 N–H and O–H groups in total. The third-order valence-electron chi connectivity index (χ3n) is 3.29. The highest BCUT2D eigenvalue weighted by atomic mass is 16.5. The smallest absolute Gasteiger partial charge is 0.303 e. The van der Waals surface area contributed by atoms with E-state index in [1.54, 1.807) is 0 Å². The van der Waals surface area contributed by atoms with Gasteiger partial charge in [-0.15, -0.1) is 0 Å². The van der Waals surface area contributed by atoms with Gasteiger partial charge in [-0.05, 0) is 40.0 Å². The van der Waals surface area contributed by atoms with Crippen LogP contribution in [0.15, 0.2) is 0 Å². The molecule has 0 radical (unpaired) electrons. The Labute approximate surface area is 84.5 Å². The summed E-state index contributed by atoms with van der Waals surface area (Å²) in [5, 5.41) is 20.0. The minimum absolute atomic E-state index is 0.000000000000000444. The Balaban J connectivity index is 2.85. The third kappa shape index (κ3) is 1.77. The Kier molecular flexibility index (Phi) is 2.63. The van der Waals surface area contributed by atoms with Crippen LogP contribution < -0.4 is 0 Å². The van der Waals surface area contributed by atoms with Crippen molar-refractivity contribution >= 4 is 5.97 Å². The monoisotopic (exact) mass is 201 g/mol. The molecule has 0 aromatic heterocycles. The van der Waals surface area contributed by atoms with Gasteiger partial charge in [-0.2, -0.15) is 5.06 Å². The van der Waals surface area contributed by atoms with Gasteiger partial charge in [0.2, 0.25) is 0 Å². The molecule has 0 bridgehead atoms. The van der Waals surface area contributed by atoms with Gasteiger partial charge >= 0.3 is 5.97 Å². The SMILES string of the molecule is CC1(C)CC(CC(=O)O)C(C)(C)N1O. The van der Waals surface area contributed by atoms with Gasteiger partial charge in [0.15, 0.2) is 0 Å². The van der Waals surface area contributed by atoms with E-state index in [0.29, 0.717) is 6.42 Å². The van der Waals surface area contributed by atoms with E-state index in [9.17, 15) is 10.0 Å². The van der Waals surface area contributed by atoms with Crippen LogP contribution in [0, 0.1) is 5.92 Å². The maximum Gasteiger partial charge on any atom is 0.303 e. The first-order valence-corrected chi connectivity index (χ1v) is 4.89. The van der Waals surface area contributed by atoms with E-state index in [1.165, 1.54) is 5.06 Å². The van der Waals surface area contributed by atoms with Crippen molar-refractivity contribution in [2.45, 2.75) is 51.6 Å². The third-order valence-corrected chi connectivity index (χ3v) is 3.29. The zero-order valence-corrected chi connectivity index (χ0v) is 9.24. The number of hydrogen-bond acceptors (Lipinski definition) is 3. The molecule has 1 atom stereocenters. The fourth-order valence-corrected chi connectivity index (χ4v) is 2.42. The Morgan fingerprint density at radius 3 is 2.21 bits per heavy atom. The largest absolute Gasteiger partial charge is 0.481 e. The predicted molar refractivity (Wildman–Crippen MR) is 52.1 cm³/mol. The molecule has 1 saturated heterocycles. The Morgan fingerprint density at radius 2 is 1.93 bits per heavy atom. The first-order chi connectivity index (χ1) is 6.18. The van der Waals surface area contributed by atoms with Crippen LogP contribution in [0.25, 0.3) is 0 Å². The molecular weight excluding hydrogens is 182 g/mol. The lowest BCUT2D eigenvalue weighted by Crippen LogP contribution is -2.47. The van der Waals surface area contributed by atoms with Crippen molar-refractivity contribution in [3.8, 4) is 0 Å². The molecule has 1 aliphatic heterocycles. The molecule has 0 aromatic rings. The van der Waals surface area contributed by atoms with Gasteiger partial charge < -0.3 is 10.3 Å². The van der Waals surface area contributed by atoms with Gasteiger partial charge in [0.1, 0.15) is 0 Å². The van der Waals surface area contributed by atoms with E-state index in [-0.39, 0.29) is 17.9 Å². The summed E-state index contributed by atoms with van der Waals surface area (Å²) in [5.41, 5.74) is -0.786. The van der Waals surface area contributed by atoms with E-state index in [4.69, 9.17) is 5.11 Å². The highest BCUT2D eigenvalue weighted by Gasteiger charge is 2.51. The molecule has 1 rings (SSSR count). The maximum absolute atomic E-state index is 10.7. The van der Waals surface area contributed by atoms with Gasteiger partial charge in [-0.3, -0.25) is 4.79 Å². The average molecular weight is 201 g/mol. The van der Waals surface area contributed by atoms with Crippen molar-refractivity contribution in [1.29, 1.82) is 0 Å². The Hall–Kier alpha value is -0.610. The molecule has 0 amide bonds. The maximum atomic E-state index is 10.7. The second-order valence-electron chi connectivity index (χ2n) is 5.28. The summed E-state index contributed by atoms with van der Waals surface area (Å²) >= 11 is 0. The van der Waals surface area contributed by atoms with E-state index in [1.807, 2.05) is 27.7 Å². The van der Waals surface area contributed by atoms with Crippen LogP contribution >= 0.6 is 0 Å². The second-order valence-corrected chi connectivity index (χ2v) is 5.28. The van der Waals surface area contributed by atoms with Crippen LogP contribution in [0.1, 0.15) is 40.5 Å². The number of nitrogens with zero attached hydrogens (tertiary/aromatic N) is 1. The minimum atomic E-state index is -0.797. The number of hydroxylamine groups is 2. The lowest BCUT2D eigenvalue weighted by atomic mass is 9.84. The zero-order valence-electron chi connectivity index (χ0n) is 9.24.